The highest BCUT2D eigenvalue weighted by Crippen LogP contribution is 2.17. The third kappa shape index (κ3) is 47.7. The molecule has 6 heteroatoms. The number of carbonyl (C=O) groups excluding carboxylic acids is 2. The van der Waals surface area contributed by atoms with Gasteiger partial charge in [-0.1, -0.05) is 250 Å². The lowest BCUT2D eigenvalue weighted by atomic mass is 10.0. The minimum absolute atomic E-state index is 0.0329. The third-order valence-electron chi connectivity index (χ3n) is 12.5. The average molecular weight is 860 g/mol. The first-order chi connectivity index (χ1) is 30.0. The van der Waals surface area contributed by atoms with Crippen LogP contribution in [-0.4, -0.2) is 47.4 Å². The summed E-state index contributed by atoms with van der Waals surface area (Å²) in [5.41, 5.74) is 0. The number of amides is 1. The Hall–Kier alpha value is -1.66. The largest absolute Gasteiger partial charge is 0.466 e. The molecule has 0 saturated carbocycles. The number of rotatable bonds is 50. The van der Waals surface area contributed by atoms with Crippen molar-refractivity contribution >= 4 is 11.9 Å². The van der Waals surface area contributed by atoms with E-state index in [0.29, 0.717) is 25.9 Å². The molecular weight excluding hydrogens is 755 g/mol. The fraction of sp³-hybridized carbons (Fsp3) is 0.891. The minimum atomic E-state index is -0.680. The van der Waals surface area contributed by atoms with Gasteiger partial charge in [0, 0.05) is 12.8 Å². The summed E-state index contributed by atoms with van der Waals surface area (Å²) < 4.78 is 5.45. The number of aliphatic hydroxyl groups excluding tert-OH is 2. The number of esters is 1. The van der Waals surface area contributed by atoms with Crippen molar-refractivity contribution in [1.29, 1.82) is 0 Å². The fourth-order valence-corrected chi connectivity index (χ4v) is 8.30. The van der Waals surface area contributed by atoms with Crippen molar-refractivity contribution in [2.24, 2.45) is 0 Å². The lowest BCUT2D eigenvalue weighted by Gasteiger charge is -2.22. The van der Waals surface area contributed by atoms with Crippen LogP contribution in [0.3, 0.4) is 0 Å². The quantitative estimate of drug-likeness (QED) is 0.0322. The first-order valence-electron chi connectivity index (χ1n) is 27.1. The second-order valence-corrected chi connectivity index (χ2v) is 18.6. The Kier molecular flexibility index (Phi) is 49.6. The molecule has 0 aromatic heterocycles. The summed E-state index contributed by atoms with van der Waals surface area (Å²) in [5.74, 6) is -0.0897. The second-order valence-electron chi connectivity index (χ2n) is 18.6. The zero-order chi connectivity index (χ0) is 44.4. The fourth-order valence-electron chi connectivity index (χ4n) is 8.30. The molecule has 6 nitrogen and oxygen atoms in total. The van der Waals surface area contributed by atoms with E-state index < -0.39 is 12.1 Å². The summed E-state index contributed by atoms with van der Waals surface area (Å²) in [6.45, 7) is 4.87. The Morgan fingerprint density at radius 2 is 0.836 bits per heavy atom. The van der Waals surface area contributed by atoms with Crippen molar-refractivity contribution in [2.75, 3.05) is 13.2 Å². The maximum atomic E-state index is 12.5. The molecular formula is C55H105NO5. The summed E-state index contributed by atoms with van der Waals surface area (Å²) >= 11 is 0. The van der Waals surface area contributed by atoms with Crippen LogP contribution in [0.25, 0.3) is 0 Å². The maximum absolute atomic E-state index is 12.5. The van der Waals surface area contributed by atoms with E-state index in [-0.39, 0.29) is 18.5 Å². The zero-order valence-electron chi connectivity index (χ0n) is 40.9. The lowest BCUT2D eigenvalue weighted by Crippen LogP contribution is -2.45. The Balaban J connectivity index is 3.49. The Morgan fingerprint density at radius 3 is 1.30 bits per heavy atom. The molecule has 0 fully saturated rings. The summed E-state index contributed by atoms with van der Waals surface area (Å²) in [6.07, 6.45) is 60.1. The molecule has 0 aliphatic rings. The van der Waals surface area contributed by atoms with Gasteiger partial charge in [-0.3, -0.25) is 9.59 Å². The molecule has 0 saturated heterocycles. The SMILES string of the molecule is CCCC/C=C\C/C=C\CCCCCCCC(=O)OCCCCCCCCCCCCC(=O)NC(CO)C(O)CCCCCCCCCCCCCCCCCCCCCC. The van der Waals surface area contributed by atoms with Crippen LogP contribution in [0.1, 0.15) is 290 Å². The number of carbonyl (C=O) groups is 2. The van der Waals surface area contributed by atoms with Gasteiger partial charge in [0.05, 0.1) is 25.4 Å². The van der Waals surface area contributed by atoms with Crippen LogP contribution in [0.4, 0.5) is 0 Å². The van der Waals surface area contributed by atoms with Crippen LogP contribution in [0.5, 0.6) is 0 Å². The highest BCUT2D eigenvalue weighted by atomic mass is 16.5. The van der Waals surface area contributed by atoms with E-state index in [0.717, 1.165) is 70.6 Å². The molecule has 0 aliphatic heterocycles. The normalized spacial score (nSPS) is 12.8. The summed E-state index contributed by atoms with van der Waals surface area (Å²) in [6, 6.07) is -0.560. The van der Waals surface area contributed by atoms with Crippen LogP contribution in [-0.2, 0) is 14.3 Å². The van der Waals surface area contributed by atoms with Crippen LogP contribution < -0.4 is 5.32 Å². The molecule has 0 aromatic rings. The van der Waals surface area contributed by atoms with Gasteiger partial charge < -0.3 is 20.3 Å². The predicted octanol–water partition coefficient (Wildman–Crippen LogP) is 16.3. The van der Waals surface area contributed by atoms with Crippen molar-refractivity contribution in [3.63, 3.8) is 0 Å². The number of hydrogen-bond donors (Lipinski definition) is 3. The molecule has 1 amide bonds. The average Bonchev–Trinajstić information content (AvgIpc) is 3.26. The first-order valence-corrected chi connectivity index (χ1v) is 27.1. The van der Waals surface area contributed by atoms with Gasteiger partial charge in [0.15, 0.2) is 0 Å². The van der Waals surface area contributed by atoms with Gasteiger partial charge in [-0.25, -0.2) is 0 Å². The van der Waals surface area contributed by atoms with Gasteiger partial charge in [0.25, 0.3) is 0 Å². The van der Waals surface area contributed by atoms with Crippen molar-refractivity contribution in [3.8, 4) is 0 Å². The molecule has 0 spiro atoms. The van der Waals surface area contributed by atoms with E-state index in [1.54, 1.807) is 0 Å². The molecule has 0 heterocycles. The van der Waals surface area contributed by atoms with Crippen molar-refractivity contribution < 1.29 is 24.5 Å². The highest BCUT2D eigenvalue weighted by Gasteiger charge is 2.20. The van der Waals surface area contributed by atoms with Crippen molar-refractivity contribution in [3.05, 3.63) is 24.3 Å². The molecule has 0 radical (unpaired) electrons. The molecule has 3 N–H and O–H groups in total. The standard InChI is InChI=1S/C55H105NO5/c1-3-5-7-9-11-13-15-17-19-20-21-22-23-24-25-27-31-35-39-43-47-53(58)52(51-57)56-54(59)48-44-40-36-32-29-30-34-38-42-46-50-61-55(60)49-45-41-37-33-28-26-18-16-14-12-10-8-6-4-2/h10,12,16,18,52-53,57-58H,3-9,11,13-15,17,19-51H2,1-2H3,(H,56,59)/b12-10-,18-16-. The number of allylic oxidation sites excluding steroid dienone is 4. The van der Waals surface area contributed by atoms with Crippen molar-refractivity contribution in [2.45, 2.75) is 302 Å². The van der Waals surface area contributed by atoms with E-state index in [2.05, 4.69) is 43.5 Å². The number of aliphatic hydroxyl groups is 2. The number of unbranched alkanes of at least 4 members (excludes halogenated alkanes) is 35. The summed E-state index contributed by atoms with van der Waals surface area (Å²) in [4.78, 5) is 24.5. The third-order valence-corrected chi connectivity index (χ3v) is 12.5. The second kappa shape index (κ2) is 51.0. The summed E-state index contributed by atoms with van der Waals surface area (Å²) in [5, 5.41) is 23.3. The first kappa shape index (κ1) is 59.3. The Morgan fingerprint density at radius 1 is 0.459 bits per heavy atom. The molecule has 0 bridgehead atoms. The van der Waals surface area contributed by atoms with Crippen LogP contribution in [0.2, 0.25) is 0 Å². The molecule has 0 aromatic carbocycles. The molecule has 2 unspecified atom stereocenters. The van der Waals surface area contributed by atoms with E-state index >= 15 is 0 Å². The molecule has 61 heavy (non-hydrogen) atoms. The molecule has 360 valence electrons. The van der Waals surface area contributed by atoms with Crippen molar-refractivity contribution in [1.82, 2.24) is 5.32 Å². The van der Waals surface area contributed by atoms with Gasteiger partial charge in [-0.2, -0.15) is 0 Å². The number of nitrogens with one attached hydrogen (secondary N) is 1. The summed E-state index contributed by atoms with van der Waals surface area (Å²) in [7, 11) is 0. The monoisotopic (exact) mass is 860 g/mol. The van der Waals surface area contributed by atoms with Crippen LogP contribution >= 0.6 is 0 Å². The number of ether oxygens (including phenoxy) is 1. The van der Waals surface area contributed by atoms with Gasteiger partial charge in [-0.15, -0.1) is 0 Å². The van der Waals surface area contributed by atoms with Crippen LogP contribution in [0, 0.1) is 0 Å². The smallest absolute Gasteiger partial charge is 0.305 e. The Labute approximate surface area is 380 Å². The predicted molar refractivity (Wildman–Crippen MR) is 264 cm³/mol. The lowest BCUT2D eigenvalue weighted by molar-refractivity contribution is -0.143. The molecule has 0 aliphatic carbocycles. The van der Waals surface area contributed by atoms with Gasteiger partial charge in [0.2, 0.25) is 5.91 Å². The maximum Gasteiger partial charge on any atom is 0.305 e. The minimum Gasteiger partial charge on any atom is -0.466 e. The molecule has 0 rings (SSSR count). The van der Waals surface area contributed by atoms with E-state index in [1.807, 2.05) is 0 Å². The topological polar surface area (TPSA) is 95.9 Å². The van der Waals surface area contributed by atoms with Gasteiger partial charge in [0.1, 0.15) is 0 Å². The van der Waals surface area contributed by atoms with E-state index in [4.69, 9.17) is 4.74 Å². The van der Waals surface area contributed by atoms with E-state index in [1.165, 1.54) is 186 Å². The van der Waals surface area contributed by atoms with Crippen LogP contribution in [0.15, 0.2) is 24.3 Å². The highest BCUT2D eigenvalue weighted by molar-refractivity contribution is 5.76. The van der Waals surface area contributed by atoms with Gasteiger partial charge in [-0.05, 0) is 51.4 Å². The van der Waals surface area contributed by atoms with E-state index in [9.17, 15) is 19.8 Å². The number of hydrogen-bond acceptors (Lipinski definition) is 5. The Bertz CT molecular complexity index is 951. The molecule has 2 atom stereocenters. The zero-order valence-corrected chi connectivity index (χ0v) is 40.9. The van der Waals surface area contributed by atoms with Gasteiger partial charge >= 0.3 is 5.97 Å².